The summed E-state index contributed by atoms with van der Waals surface area (Å²) < 4.78 is 0. The zero-order valence-electron chi connectivity index (χ0n) is 11.2. The second kappa shape index (κ2) is 5.83. The van der Waals surface area contributed by atoms with Gasteiger partial charge in [0.15, 0.2) is 0 Å². The third-order valence-electron chi connectivity index (χ3n) is 2.87. The molecular formula is C14H14N2O3S. The van der Waals surface area contributed by atoms with E-state index in [1.807, 2.05) is 12.3 Å². The van der Waals surface area contributed by atoms with Crippen LogP contribution in [0.15, 0.2) is 29.6 Å². The van der Waals surface area contributed by atoms with E-state index in [0.29, 0.717) is 5.69 Å². The van der Waals surface area contributed by atoms with Crippen LogP contribution in [0, 0.1) is 6.92 Å². The maximum atomic E-state index is 12.1. The maximum Gasteiger partial charge on any atom is 0.335 e. The van der Waals surface area contributed by atoms with E-state index < -0.39 is 5.97 Å². The van der Waals surface area contributed by atoms with E-state index in [1.54, 1.807) is 19.2 Å². The minimum atomic E-state index is -0.983. The first-order valence-corrected chi connectivity index (χ1v) is 6.86. The van der Waals surface area contributed by atoms with Crippen molar-refractivity contribution in [2.45, 2.75) is 13.3 Å². The number of amides is 1. The van der Waals surface area contributed by atoms with Crippen molar-refractivity contribution in [2.24, 2.45) is 0 Å². The average Bonchev–Trinajstić information content (AvgIpc) is 2.83. The summed E-state index contributed by atoms with van der Waals surface area (Å²) in [6, 6.07) is 6.20. The molecule has 0 saturated carbocycles. The van der Waals surface area contributed by atoms with E-state index in [-0.39, 0.29) is 17.9 Å². The Labute approximate surface area is 120 Å². The molecule has 2 rings (SSSR count). The molecule has 0 aliphatic rings. The number of aryl methyl sites for hydroxylation is 1. The second-order valence-corrected chi connectivity index (χ2v) is 5.40. The number of hydrogen-bond donors (Lipinski definition) is 1. The first-order chi connectivity index (χ1) is 9.47. The summed E-state index contributed by atoms with van der Waals surface area (Å²) in [5.41, 5.74) is 1.61. The Hall–Kier alpha value is -2.21. The number of thiazole rings is 1. The van der Waals surface area contributed by atoms with E-state index in [2.05, 4.69) is 4.98 Å². The van der Waals surface area contributed by atoms with Crippen LogP contribution < -0.4 is 4.90 Å². The molecule has 0 fully saturated rings. The van der Waals surface area contributed by atoms with Crippen molar-refractivity contribution in [3.05, 3.63) is 45.9 Å². The van der Waals surface area contributed by atoms with Gasteiger partial charge in [-0.25, -0.2) is 9.78 Å². The highest BCUT2D eigenvalue weighted by atomic mass is 32.1. The van der Waals surface area contributed by atoms with Crippen LogP contribution >= 0.6 is 11.3 Å². The smallest absolute Gasteiger partial charge is 0.335 e. The fourth-order valence-corrected chi connectivity index (χ4v) is 2.35. The molecule has 0 unspecified atom stereocenters. The lowest BCUT2D eigenvalue weighted by atomic mass is 10.2. The van der Waals surface area contributed by atoms with Crippen LogP contribution in [0.4, 0.5) is 5.69 Å². The molecule has 1 aromatic carbocycles. The Morgan fingerprint density at radius 1 is 1.30 bits per heavy atom. The Bertz CT molecular complexity index is 634. The van der Waals surface area contributed by atoms with Gasteiger partial charge in [0, 0.05) is 18.1 Å². The lowest BCUT2D eigenvalue weighted by Gasteiger charge is -2.16. The van der Waals surface area contributed by atoms with Gasteiger partial charge < -0.3 is 10.0 Å². The van der Waals surface area contributed by atoms with Crippen molar-refractivity contribution in [3.8, 4) is 0 Å². The van der Waals surface area contributed by atoms with Crippen molar-refractivity contribution in [1.82, 2.24) is 4.98 Å². The number of carboxylic acid groups (broad SMARTS) is 1. The van der Waals surface area contributed by atoms with E-state index in [1.165, 1.54) is 28.4 Å². The fraction of sp³-hybridized carbons (Fsp3) is 0.214. The molecule has 1 aromatic heterocycles. The van der Waals surface area contributed by atoms with Gasteiger partial charge in [0.05, 0.1) is 22.7 Å². The molecule has 2 aromatic rings. The van der Waals surface area contributed by atoms with Crippen molar-refractivity contribution in [2.75, 3.05) is 11.9 Å². The summed E-state index contributed by atoms with van der Waals surface area (Å²) in [6.07, 6.45) is 0.238. The molecule has 104 valence electrons. The molecule has 5 nitrogen and oxygen atoms in total. The van der Waals surface area contributed by atoms with E-state index in [9.17, 15) is 9.59 Å². The molecule has 1 heterocycles. The highest BCUT2D eigenvalue weighted by Gasteiger charge is 2.13. The van der Waals surface area contributed by atoms with Crippen LogP contribution in [0.2, 0.25) is 0 Å². The zero-order chi connectivity index (χ0) is 14.7. The molecule has 0 aliphatic heterocycles. The number of aromatic carboxylic acids is 1. The van der Waals surface area contributed by atoms with Crippen molar-refractivity contribution >= 4 is 28.9 Å². The molecule has 0 bridgehead atoms. The number of anilines is 1. The zero-order valence-corrected chi connectivity index (χ0v) is 12.0. The van der Waals surface area contributed by atoms with Crippen LogP contribution in [0.1, 0.15) is 21.1 Å². The van der Waals surface area contributed by atoms with E-state index >= 15 is 0 Å². The Balaban J connectivity index is 2.08. The molecule has 0 saturated heterocycles. The van der Waals surface area contributed by atoms with Gasteiger partial charge in [-0.3, -0.25) is 4.79 Å². The summed E-state index contributed by atoms with van der Waals surface area (Å²) in [6.45, 7) is 1.90. The van der Waals surface area contributed by atoms with Gasteiger partial charge in [-0.05, 0) is 31.2 Å². The summed E-state index contributed by atoms with van der Waals surface area (Å²) >= 11 is 1.51. The molecule has 0 aliphatic carbocycles. The van der Waals surface area contributed by atoms with Gasteiger partial charge in [-0.1, -0.05) is 0 Å². The van der Waals surface area contributed by atoms with Gasteiger partial charge in [0.2, 0.25) is 5.91 Å². The highest BCUT2D eigenvalue weighted by Crippen LogP contribution is 2.16. The van der Waals surface area contributed by atoms with Gasteiger partial charge >= 0.3 is 5.97 Å². The molecule has 20 heavy (non-hydrogen) atoms. The lowest BCUT2D eigenvalue weighted by molar-refractivity contribution is -0.117. The molecule has 0 spiro atoms. The molecule has 0 radical (unpaired) electrons. The number of aromatic nitrogens is 1. The summed E-state index contributed by atoms with van der Waals surface area (Å²) in [7, 11) is 1.66. The van der Waals surface area contributed by atoms with Gasteiger partial charge in [0.25, 0.3) is 0 Å². The van der Waals surface area contributed by atoms with Crippen molar-refractivity contribution in [3.63, 3.8) is 0 Å². The Morgan fingerprint density at radius 2 is 1.95 bits per heavy atom. The standard InChI is InChI=1S/C14H14N2O3S/c1-9-15-11(8-20-9)7-13(17)16(2)12-5-3-10(4-6-12)14(18)19/h3-6,8H,7H2,1-2H3,(H,18,19). The SMILES string of the molecule is Cc1nc(CC(=O)N(C)c2ccc(C(=O)O)cc2)cs1. The molecular weight excluding hydrogens is 276 g/mol. The third kappa shape index (κ3) is 3.21. The minimum Gasteiger partial charge on any atom is -0.478 e. The van der Waals surface area contributed by atoms with Gasteiger partial charge in [-0.15, -0.1) is 11.3 Å². The predicted octanol–water partition coefficient (Wildman–Crippen LogP) is 2.36. The largest absolute Gasteiger partial charge is 0.478 e. The quantitative estimate of drug-likeness (QED) is 0.938. The number of carbonyl (C=O) groups is 2. The van der Waals surface area contributed by atoms with Crippen LogP contribution in [-0.2, 0) is 11.2 Å². The van der Waals surface area contributed by atoms with Crippen LogP contribution in [0.25, 0.3) is 0 Å². The maximum absolute atomic E-state index is 12.1. The fourth-order valence-electron chi connectivity index (χ4n) is 1.73. The monoisotopic (exact) mass is 290 g/mol. The normalized spacial score (nSPS) is 10.3. The molecule has 1 amide bonds. The van der Waals surface area contributed by atoms with Crippen molar-refractivity contribution in [1.29, 1.82) is 0 Å². The number of carbonyl (C=O) groups excluding carboxylic acids is 1. The number of nitrogens with zero attached hydrogens (tertiary/aromatic N) is 2. The number of likely N-dealkylation sites (N-methyl/N-ethyl adjacent to an activating group) is 1. The first kappa shape index (κ1) is 14.2. The summed E-state index contributed by atoms with van der Waals surface area (Å²) in [5.74, 6) is -1.07. The topological polar surface area (TPSA) is 70.5 Å². The Kier molecular flexibility index (Phi) is 4.14. The summed E-state index contributed by atoms with van der Waals surface area (Å²) in [5, 5.41) is 11.6. The van der Waals surface area contributed by atoms with Gasteiger partial charge in [0.1, 0.15) is 0 Å². The number of carboxylic acids is 1. The predicted molar refractivity (Wildman–Crippen MR) is 77.4 cm³/mol. The number of hydrogen-bond acceptors (Lipinski definition) is 4. The van der Waals surface area contributed by atoms with Crippen LogP contribution in [0.3, 0.4) is 0 Å². The molecule has 1 N–H and O–H groups in total. The summed E-state index contributed by atoms with van der Waals surface area (Å²) in [4.78, 5) is 28.6. The Morgan fingerprint density at radius 3 is 2.45 bits per heavy atom. The third-order valence-corrected chi connectivity index (χ3v) is 3.70. The molecule has 6 heteroatoms. The van der Waals surface area contributed by atoms with Gasteiger partial charge in [-0.2, -0.15) is 0 Å². The second-order valence-electron chi connectivity index (χ2n) is 4.34. The van der Waals surface area contributed by atoms with Crippen LogP contribution in [0.5, 0.6) is 0 Å². The van der Waals surface area contributed by atoms with Crippen molar-refractivity contribution < 1.29 is 14.7 Å². The van der Waals surface area contributed by atoms with Crippen LogP contribution in [-0.4, -0.2) is 29.0 Å². The lowest BCUT2D eigenvalue weighted by Crippen LogP contribution is -2.27. The number of benzene rings is 1. The highest BCUT2D eigenvalue weighted by molar-refractivity contribution is 7.09. The first-order valence-electron chi connectivity index (χ1n) is 5.98. The minimum absolute atomic E-state index is 0.0848. The molecule has 0 atom stereocenters. The number of rotatable bonds is 4. The average molecular weight is 290 g/mol. The van der Waals surface area contributed by atoms with E-state index in [0.717, 1.165) is 10.7 Å². The van der Waals surface area contributed by atoms with E-state index in [4.69, 9.17) is 5.11 Å².